The van der Waals surface area contributed by atoms with Crippen LogP contribution in [-0.2, 0) is 0 Å². The molecule has 0 spiro atoms. The molecular weight excluding hydrogens is 230 g/mol. The Bertz CT molecular complexity index is 365. The van der Waals surface area contributed by atoms with Crippen LogP contribution in [0.15, 0.2) is 36.9 Å². The van der Waals surface area contributed by atoms with E-state index in [4.69, 9.17) is 11.6 Å². The molecule has 1 aromatic carbocycles. The van der Waals surface area contributed by atoms with Gasteiger partial charge in [-0.3, -0.25) is 0 Å². The monoisotopic (exact) mass is 249 g/mol. The highest BCUT2D eigenvalue weighted by Gasteiger charge is 2.30. The fourth-order valence-electron chi connectivity index (χ4n) is 2.48. The molecule has 0 heterocycles. The number of halogens is 1. The lowest BCUT2D eigenvalue weighted by molar-refractivity contribution is 0.270. The first-order chi connectivity index (χ1) is 8.19. The van der Waals surface area contributed by atoms with E-state index in [9.17, 15) is 0 Å². The van der Waals surface area contributed by atoms with Gasteiger partial charge in [-0.25, -0.2) is 0 Å². The molecular formula is C15H20ClN. The van der Waals surface area contributed by atoms with Gasteiger partial charge in [0, 0.05) is 17.1 Å². The van der Waals surface area contributed by atoms with Crippen LogP contribution in [0.25, 0.3) is 0 Å². The fourth-order valence-corrected chi connectivity index (χ4v) is 2.61. The largest absolute Gasteiger partial charge is 0.311 e. The van der Waals surface area contributed by atoms with Crippen molar-refractivity contribution in [3.05, 3.63) is 47.5 Å². The van der Waals surface area contributed by atoms with Gasteiger partial charge in [0.2, 0.25) is 0 Å². The first-order valence-corrected chi connectivity index (χ1v) is 6.69. The highest BCUT2D eigenvalue weighted by molar-refractivity contribution is 6.30. The van der Waals surface area contributed by atoms with Crippen molar-refractivity contribution in [2.75, 3.05) is 0 Å². The smallest absolute Gasteiger partial charge is 0.0406 e. The predicted octanol–water partition coefficient (Wildman–Crippen LogP) is 4.14. The zero-order valence-corrected chi connectivity index (χ0v) is 11.1. The number of hydrogen-bond donors (Lipinski definition) is 1. The Labute approximate surface area is 109 Å². The summed E-state index contributed by atoms with van der Waals surface area (Å²) < 4.78 is 0. The third-order valence-corrected chi connectivity index (χ3v) is 3.77. The standard InChI is InChI=1S/C15H20ClN/c1-3-4-11(2)17-15-9-13(10-15)12-5-7-14(16)8-6-12/h3,5-8,11,13,15,17H,1,4,9-10H2,2H3. The summed E-state index contributed by atoms with van der Waals surface area (Å²) in [6, 6.07) is 9.48. The van der Waals surface area contributed by atoms with Gasteiger partial charge in [0.15, 0.2) is 0 Å². The van der Waals surface area contributed by atoms with Crippen molar-refractivity contribution in [1.29, 1.82) is 0 Å². The molecule has 17 heavy (non-hydrogen) atoms. The molecule has 1 nitrogen and oxygen atoms in total. The Balaban J connectivity index is 1.78. The lowest BCUT2D eigenvalue weighted by atomic mass is 9.75. The number of benzene rings is 1. The predicted molar refractivity (Wildman–Crippen MR) is 74.6 cm³/mol. The average molecular weight is 250 g/mol. The zero-order chi connectivity index (χ0) is 12.3. The summed E-state index contributed by atoms with van der Waals surface area (Å²) in [5.74, 6) is 0.709. The number of hydrogen-bond acceptors (Lipinski definition) is 1. The van der Waals surface area contributed by atoms with E-state index in [0.29, 0.717) is 18.0 Å². The summed E-state index contributed by atoms with van der Waals surface area (Å²) in [5.41, 5.74) is 1.42. The zero-order valence-electron chi connectivity index (χ0n) is 10.3. The van der Waals surface area contributed by atoms with Crippen molar-refractivity contribution < 1.29 is 0 Å². The molecule has 0 bridgehead atoms. The van der Waals surface area contributed by atoms with Gasteiger partial charge >= 0.3 is 0 Å². The van der Waals surface area contributed by atoms with Crippen molar-refractivity contribution in [3.63, 3.8) is 0 Å². The molecule has 0 saturated heterocycles. The number of nitrogens with one attached hydrogen (secondary N) is 1. The second kappa shape index (κ2) is 5.70. The second-order valence-electron chi connectivity index (χ2n) is 5.01. The third-order valence-electron chi connectivity index (χ3n) is 3.52. The van der Waals surface area contributed by atoms with Crippen LogP contribution in [0.2, 0.25) is 5.02 Å². The molecule has 1 aliphatic carbocycles. The molecule has 2 rings (SSSR count). The maximum atomic E-state index is 5.89. The van der Waals surface area contributed by atoms with E-state index in [1.54, 1.807) is 0 Å². The highest BCUT2D eigenvalue weighted by atomic mass is 35.5. The summed E-state index contributed by atoms with van der Waals surface area (Å²) in [5, 5.41) is 4.45. The van der Waals surface area contributed by atoms with E-state index in [1.165, 1.54) is 18.4 Å². The summed E-state index contributed by atoms with van der Waals surface area (Å²) in [6.07, 6.45) is 5.50. The Morgan fingerprint density at radius 1 is 1.41 bits per heavy atom. The van der Waals surface area contributed by atoms with Crippen LogP contribution in [0, 0.1) is 0 Å². The Morgan fingerprint density at radius 2 is 2.06 bits per heavy atom. The second-order valence-corrected chi connectivity index (χ2v) is 5.45. The lowest BCUT2D eigenvalue weighted by Gasteiger charge is -2.38. The van der Waals surface area contributed by atoms with Crippen LogP contribution in [0.5, 0.6) is 0 Å². The average Bonchev–Trinajstić information content (AvgIpc) is 2.25. The molecule has 0 radical (unpaired) electrons. The van der Waals surface area contributed by atoms with E-state index in [1.807, 2.05) is 18.2 Å². The van der Waals surface area contributed by atoms with E-state index in [2.05, 4.69) is 31.0 Å². The van der Waals surface area contributed by atoms with Gasteiger partial charge in [-0.2, -0.15) is 0 Å². The maximum absolute atomic E-state index is 5.89. The molecule has 92 valence electrons. The van der Waals surface area contributed by atoms with Crippen LogP contribution < -0.4 is 5.32 Å². The molecule has 0 amide bonds. The minimum absolute atomic E-state index is 0.545. The molecule has 1 aliphatic rings. The van der Waals surface area contributed by atoms with Crippen molar-refractivity contribution >= 4 is 11.6 Å². The molecule has 1 N–H and O–H groups in total. The van der Waals surface area contributed by atoms with Gasteiger partial charge in [-0.05, 0) is 49.8 Å². The van der Waals surface area contributed by atoms with Crippen molar-refractivity contribution in [2.24, 2.45) is 0 Å². The molecule has 1 atom stereocenters. The molecule has 1 unspecified atom stereocenters. The molecule has 1 fully saturated rings. The fraction of sp³-hybridized carbons (Fsp3) is 0.467. The lowest BCUT2D eigenvalue weighted by Crippen LogP contribution is -2.44. The topological polar surface area (TPSA) is 12.0 Å². The van der Waals surface area contributed by atoms with Crippen molar-refractivity contribution in [2.45, 2.75) is 44.2 Å². The highest BCUT2D eigenvalue weighted by Crippen LogP contribution is 2.37. The van der Waals surface area contributed by atoms with Gasteiger partial charge in [-0.15, -0.1) is 6.58 Å². The van der Waals surface area contributed by atoms with Crippen LogP contribution in [0.1, 0.15) is 37.7 Å². The third kappa shape index (κ3) is 3.34. The Morgan fingerprint density at radius 3 is 2.65 bits per heavy atom. The van der Waals surface area contributed by atoms with Gasteiger partial charge in [-0.1, -0.05) is 29.8 Å². The molecule has 2 heteroatoms. The van der Waals surface area contributed by atoms with Crippen LogP contribution in [0.3, 0.4) is 0 Å². The summed E-state index contributed by atoms with van der Waals surface area (Å²) in [7, 11) is 0. The Kier molecular flexibility index (Phi) is 4.25. The van der Waals surface area contributed by atoms with Gasteiger partial charge in [0.1, 0.15) is 0 Å². The minimum Gasteiger partial charge on any atom is -0.311 e. The summed E-state index contributed by atoms with van der Waals surface area (Å²) in [4.78, 5) is 0. The Hall–Kier alpha value is -0.790. The quantitative estimate of drug-likeness (QED) is 0.774. The van der Waals surface area contributed by atoms with Crippen LogP contribution >= 0.6 is 11.6 Å². The van der Waals surface area contributed by atoms with E-state index < -0.39 is 0 Å². The van der Waals surface area contributed by atoms with E-state index in [0.717, 1.165) is 11.4 Å². The van der Waals surface area contributed by atoms with Crippen molar-refractivity contribution in [1.82, 2.24) is 5.32 Å². The van der Waals surface area contributed by atoms with E-state index in [-0.39, 0.29) is 0 Å². The summed E-state index contributed by atoms with van der Waals surface area (Å²) >= 11 is 5.89. The molecule has 0 aromatic heterocycles. The molecule has 0 aliphatic heterocycles. The van der Waals surface area contributed by atoms with Gasteiger partial charge < -0.3 is 5.32 Å². The van der Waals surface area contributed by atoms with Crippen molar-refractivity contribution in [3.8, 4) is 0 Å². The van der Waals surface area contributed by atoms with Crippen LogP contribution in [-0.4, -0.2) is 12.1 Å². The number of rotatable bonds is 5. The summed E-state index contributed by atoms with van der Waals surface area (Å²) in [6.45, 7) is 5.99. The minimum atomic E-state index is 0.545. The maximum Gasteiger partial charge on any atom is 0.0406 e. The van der Waals surface area contributed by atoms with Crippen LogP contribution in [0.4, 0.5) is 0 Å². The normalized spacial score (nSPS) is 25.1. The molecule has 1 saturated carbocycles. The SMILES string of the molecule is C=CCC(C)NC1CC(c2ccc(Cl)cc2)C1. The first kappa shape index (κ1) is 12.7. The molecule has 1 aromatic rings. The van der Waals surface area contributed by atoms with Gasteiger partial charge in [0.25, 0.3) is 0 Å². The van der Waals surface area contributed by atoms with Gasteiger partial charge in [0.05, 0.1) is 0 Å². The first-order valence-electron chi connectivity index (χ1n) is 6.31. The van der Waals surface area contributed by atoms with E-state index >= 15 is 0 Å².